The molecule has 0 heterocycles. The van der Waals surface area contributed by atoms with E-state index in [-0.39, 0.29) is 0 Å². The lowest BCUT2D eigenvalue weighted by Crippen LogP contribution is -1.52. The van der Waals surface area contributed by atoms with Crippen molar-refractivity contribution in [2.75, 3.05) is 0 Å². The molecule has 1 heteroatoms. The van der Waals surface area contributed by atoms with Gasteiger partial charge in [-0.3, -0.25) is 0 Å². The largest absolute Gasteiger partial charge is 0.305 e. The zero-order valence-electron chi connectivity index (χ0n) is 3.23. The van der Waals surface area contributed by atoms with Gasteiger partial charge in [0.25, 0.3) is 6.72 Å². The highest BCUT2D eigenvalue weighted by Gasteiger charge is 1.45. The number of nitrogens with zero attached hydrogens (tertiary/aromatic N) is 1. The molecular weight excluding hydrogens is 62.1 g/mol. The summed E-state index contributed by atoms with van der Waals surface area (Å²) in [5, 5.41) is 0. The average molecular weight is 68.1 g/mol. The van der Waals surface area contributed by atoms with Crippen molar-refractivity contribution >= 4 is 12.6 Å². The Hall–Kier alpha value is -0.770. The van der Waals surface area contributed by atoms with Gasteiger partial charge in [0.2, 0.25) is 0 Å². The fraction of sp³-hybridized carbons (Fsp3) is 0.250. The Morgan fingerprint density at radius 2 is 2.60 bits per heavy atom. The van der Waals surface area contributed by atoms with E-state index < -0.39 is 0 Å². The van der Waals surface area contributed by atoms with Gasteiger partial charge >= 0.3 is 5.87 Å². The highest BCUT2D eigenvalue weighted by atomic mass is 14.4. The van der Waals surface area contributed by atoms with Crippen LogP contribution in [0.15, 0.2) is 6.08 Å². The highest BCUT2D eigenvalue weighted by molar-refractivity contribution is 5.52. The first kappa shape index (κ1) is 4.23. The van der Waals surface area contributed by atoms with Crippen LogP contribution in [0.25, 0.3) is 0 Å². The number of allylic oxidation sites excluding steroid dienone is 1. The zero-order valence-corrected chi connectivity index (χ0v) is 3.23. The van der Waals surface area contributed by atoms with Crippen molar-refractivity contribution in [1.82, 2.24) is 4.67 Å². The normalized spacial score (nSPS) is 4.20. The molecule has 0 N–H and O–H groups in total. The third kappa shape index (κ3) is 3.23. The molecule has 0 aliphatic heterocycles. The quantitative estimate of drug-likeness (QED) is 0.280. The van der Waals surface area contributed by atoms with Gasteiger partial charge in [-0.2, -0.15) is 0 Å². The van der Waals surface area contributed by atoms with E-state index in [1.54, 1.807) is 6.08 Å². The SMILES string of the molecule is C=[N+]=C=CC. The lowest BCUT2D eigenvalue weighted by molar-refractivity contribution is 1.75. The predicted octanol–water partition coefficient (Wildman–Crippen LogP) is 0.000000000000000111. The first-order chi connectivity index (χ1) is 2.41. The molecule has 0 aliphatic carbocycles. The van der Waals surface area contributed by atoms with Crippen molar-refractivity contribution < 1.29 is 0 Å². The molecular formula is C4H6N+. The van der Waals surface area contributed by atoms with Crippen LogP contribution in [-0.2, 0) is 0 Å². The molecule has 0 radical (unpaired) electrons. The second-order valence-electron chi connectivity index (χ2n) is 0.576. The predicted molar refractivity (Wildman–Crippen MR) is 24.5 cm³/mol. The maximum Gasteiger partial charge on any atom is 0.305 e. The summed E-state index contributed by atoms with van der Waals surface area (Å²) in [6, 6.07) is 0. The highest BCUT2D eigenvalue weighted by Crippen LogP contribution is 1.36. The van der Waals surface area contributed by atoms with Gasteiger partial charge in [0.15, 0.2) is 0 Å². The molecule has 0 rings (SSSR count). The standard InChI is InChI=1S/C4H6N/c1-3-4-5-2/h3H,2H2,1H3/q+1. The van der Waals surface area contributed by atoms with Crippen LogP contribution in [0, 0.1) is 0 Å². The van der Waals surface area contributed by atoms with Gasteiger partial charge in [-0.15, -0.1) is 0 Å². The van der Waals surface area contributed by atoms with Gasteiger partial charge in [0, 0.05) is 6.08 Å². The van der Waals surface area contributed by atoms with Gasteiger partial charge in [-0.25, -0.2) is 0 Å². The molecule has 1 nitrogen and oxygen atoms in total. The van der Waals surface area contributed by atoms with Crippen LogP contribution in [0.1, 0.15) is 6.92 Å². The monoisotopic (exact) mass is 68.0 g/mol. The first-order valence-corrected chi connectivity index (χ1v) is 1.41. The Balaban J connectivity index is 3.75. The molecule has 0 unspecified atom stereocenters. The Bertz CT molecular complexity index is 81.8. The van der Waals surface area contributed by atoms with Gasteiger partial charge < -0.3 is 0 Å². The van der Waals surface area contributed by atoms with Crippen molar-refractivity contribution in [2.24, 2.45) is 0 Å². The summed E-state index contributed by atoms with van der Waals surface area (Å²) in [6.45, 7) is 5.00. The second kappa shape index (κ2) is 3.23. The number of rotatable bonds is 0. The number of hydrogen-bond donors (Lipinski definition) is 0. The summed E-state index contributed by atoms with van der Waals surface area (Å²) in [7, 11) is 0. The lowest BCUT2D eigenvalue weighted by Gasteiger charge is -1.26. The third-order valence-corrected chi connectivity index (χ3v) is 0.220. The van der Waals surface area contributed by atoms with Gasteiger partial charge in [-0.05, 0) is 11.6 Å². The minimum atomic E-state index is 1.70. The molecule has 0 saturated carbocycles. The van der Waals surface area contributed by atoms with E-state index in [0.717, 1.165) is 0 Å². The topological polar surface area (TPSA) is 14.1 Å². The molecule has 0 aromatic heterocycles. The smallest absolute Gasteiger partial charge is 0.0476 e. The summed E-state index contributed by atoms with van der Waals surface area (Å²) in [5.41, 5.74) is 0. The van der Waals surface area contributed by atoms with Crippen molar-refractivity contribution in [2.45, 2.75) is 6.92 Å². The molecule has 0 aromatic carbocycles. The summed E-state index contributed by atoms with van der Waals surface area (Å²) in [5.74, 6) is 2.50. The van der Waals surface area contributed by atoms with E-state index in [9.17, 15) is 0 Å². The van der Waals surface area contributed by atoms with Crippen molar-refractivity contribution in [3.8, 4) is 0 Å². The summed E-state index contributed by atoms with van der Waals surface area (Å²) in [6.07, 6.45) is 1.70. The van der Waals surface area contributed by atoms with E-state index >= 15 is 0 Å². The molecule has 0 aromatic rings. The Labute approximate surface area is 31.4 Å². The molecule has 0 spiro atoms. The Morgan fingerprint density at radius 3 is 2.60 bits per heavy atom. The van der Waals surface area contributed by atoms with Gasteiger partial charge in [0.1, 0.15) is 0 Å². The molecule has 26 valence electrons. The minimum Gasteiger partial charge on any atom is -0.0476 e. The molecule has 0 atom stereocenters. The molecule has 0 aliphatic rings. The molecule has 0 fully saturated rings. The average Bonchev–Trinajstić information content (AvgIpc) is 1.41. The fourth-order valence-electron chi connectivity index (χ4n) is 0.0913. The second-order valence-corrected chi connectivity index (χ2v) is 0.576. The maximum absolute atomic E-state index is 3.30. The lowest BCUT2D eigenvalue weighted by atomic mass is 10.8. The zero-order chi connectivity index (χ0) is 4.12. The van der Waals surface area contributed by atoms with Crippen molar-refractivity contribution in [3.63, 3.8) is 0 Å². The summed E-state index contributed by atoms with van der Waals surface area (Å²) < 4.78 is 3.30. The van der Waals surface area contributed by atoms with Crippen LogP contribution >= 0.6 is 0 Å². The molecule has 0 amide bonds. The summed E-state index contributed by atoms with van der Waals surface area (Å²) in [4.78, 5) is 0. The number of hydrogen-bond acceptors (Lipinski definition) is 0. The van der Waals surface area contributed by atoms with Gasteiger partial charge in [0.05, 0.1) is 0 Å². The van der Waals surface area contributed by atoms with Crippen LogP contribution in [0.4, 0.5) is 0 Å². The van der Waals surface area contributed by atoms with E-state index in [1.807, 2.05) is 6.92 Å². The molecule has 0 bridgehead atoms. The third-order valence-electron chi connectivity index (χ3n) is 0.220. The molecule has 5 heavy (non-hydrogen) atoms. The Morgan fingerprint density at radius 1 is 2.00 bits per heavy atom. The van der Waals surface area contributed by atoms with E-state index in [4.69, 9.17) is 0 Å². The van der Waals surface area contributed by atoms with E-state index in [1.165, 1.54) is 0 Å². The van der Waals surface area contributed by atoms with E-state index in [0.29, 0.717) is 0 Å². The van der Waals surface area contributed by atoms with E-state index in [2.05, 4.69) is 17.3 Å². The minimum absolute atomic E-state index is 1.70. The van der Waals surface area contributed by atoms with Crippen LogP contribution in [-0.4, -0.2) is 12.6 Å². The molecule has 0 saturated heterocycles. The van der Waals surface area contributed by atoms with Crippen LogP contribution in [0.3, 0.4) is 0 Å². The van der Waals surface area contributed by atoms with Crippen LogP contribution in [0.2, 0.25) is 0 Å². The summed E-state index contributed by atoms with van der Waals surface area (Å²) >= 11 is 0. The first-order valence-electron chi connectivity index (χ1n) is 1.41. The van der Waals surface area contributed by atoms with Crippen LogP contribution < -0.4 is 4.67 Å². The Kier molecular flexibility index (Phi) is 2.73. The fourth-order valence-corrected chi connectivity index (χ4v) is 0.0913. The van der Waals surface area contributed by atoms with Crippen molar-refractivity contribution in [1.29, 1.82) is 0 Å². The maximum atomic E-state index is 3.30. The van der Waals surface area contributed by atoms with Crippen molar-refractivity contribution in [3.05, 3.63) is 6.08 Å². The van der Waals surface area contributed by atoms with Crippen LogP contribution in [0.5, 0.6) is 0 Å². The van der Waals surface area contributed by atoms with Gasteiger partial charge in [-0.1, -0.05) is 0 Å².